The lowest BCUT2D eigenvalue weighted by molar-refractivity contribution is 0.261. The minimum absolute atomic E-state index is 0.535. The van der Waals surface area contributed by atoms with Crippen molar-refractivity contribution in [1.29, 1.82) is 0 Å². The van der Waals surface area contributed by atoms with E-state index in [9.17, 15) is 0 Å². The number of hydrogen-bond donors (Lipinski definition) is 3. The van der Waals surface area contributed by atoms with Gasteiger partial charge in [-0.1, -0.05) is 12.1 Å². The Hall–Kier alpha value is -3.21. The standard InChI is InChI=1S/C22H27N9O/c1-14-29-19(18-20(30-14)28-13-27-18)22(16-3-4-17(32-2)25-11-16)9-15(10-26-21(22)23)12-31-7-5-24-6-8-31/h3-4,9-11,13,21,24H,5-8,12,23H2,1-2H3,(H,27,28,29,30). The van der Waals surface area contributed by atoms with E-state index in [1.807, 2.05) is 25.3 Å². The average molecular weight is 434 g/mol. The van der Waals surface area contributed by atoms with Crippen LogP contribution < -0.4 is 15.8 Å². The fourth-order valence-electron chi connectivity index (χ4n) is 4.51. The molecule has 2 unspecified atom stereocenters. The van der Waals surface area contributed by atoms with Crippen molar-refractivity contribution in [3.8, 4) is 5.88 Å². The summed E-state index contributed by atoms with van der Waals surface area (Å²) in [6, 6.07) is 3.81. The molecule has 2 aliphatic heterocycles. The number of aromatic amines is 1. The van der Waals surface area contributed by atoms with Crippen LogP contribution in [0, 0.1) is 6.92 Å². The van der Waals surface area contributed by atoms with Crippen molar-refractivity contribution in [3.05, 3.63) is 53.4 Å². The molecule has 0 aromatic carbocycles. The summed E-state index contributed by atoms with van der Waals surface area (Å²) >= 11 is 0. The van der Waals surface area contributed by atoms with Crippen molar-refractivity contribution in [3.63, 3.8) is 0 Å². The molecule has 2 aliphatic rings. The minimum atomic E-state index is -0.837. The number of pyridine rings is 1. The molecule has 1 saturated heterocycles. The molecule has 4 N–H and O–H groups in total. The first kappa shape index (κ1) is 20.7. The molecule has 2 atom stereocenters. The molecule has 10 heteroatoms. The number of ether oxygens (including phenoxy) is 1. The van der Waals surface area contributed by atoms with Gasteiger partial charge in [0.2, 0.25) is 5.88 Å². The predicted molar refractivity (Wildman–Crippen MR) is 122 cm³/mol. The van der Waals surface area contributed by atoms with E-state index in [4.69, 9.17) is 20.4 Å². The Kier molecular flexibility index (Phi) is 5.41. The van der Waals surface area contributed by atoms with Crippen LogP contribution in [-0.4, -0.2) is 82.0 Å². The third-order valence-electron chi connectivity index (χ3n) is 6.11. The van der Waals surface area contributed by atoms with Gasteiger partial charge in [-0.05, 0) is 18.1 Å². The molecule has 5 rings (SSSR count). The highest BCUT2D eigenvalue weighted by Gasteiger charge is 2.44. The van der Waals surface area contributed by atoms with Gasteiger partial charge in [-0.2, -0.15) is 0 Å². The average Bonchev–Trinajstić information content (AvgIpc) is 3.29. The quantitative estimate of drug-likeness (QED) is 0.532. The maximum Gasteiger partial charge on any atom is 0.212 e. The van der Waals surface area contributed by atoms with Crippen LogP contribution in [0.15, 0.2) is 41.3 Å². The highest BCUT2D eigenvalue weighted by molar-refractivity contribution is 5.84. The molecule has 0 spiro atoms. The van der Waals surface area contributed by atoms with Crippen molar-refractivity contribution < 1.29 is 4.74 Å². The van der Waals surface area contributed by atoms with Gasteiger partial charge in [-0.15, -0.1) is 0 Å². The number of nitrogens with zero attached hydrogens (tertiary/aromatic N) is 6. The molecule has 166 valence electrons. The molecular weight excluding hydrogens is 406 g/mol. The zero-order chi connectivity index (χ0) is 22.1. The molecule has 0 saturated carbocycles. The summed E-state index contributed by atoms with van der Waals surface area (Å²) in [4.78, 5) is 28.5. The number of aliphatic imine (C=N–C) groups is 1. The molecule has 0 bridgehead atoms. The fraction of sp³-hybridized carbons (Fsp3) is 0.409. The van der Waals surface area contributed by atoms with Gasteiger partial charge in [0, 0.05) is 51.2 Å². The number of hydrogen-bond acceptors (Lipinski definition) is 9. The SMILES string of the molecule is COc1ccc(C2(c3nc(C)nc4nc[nH]c34)C=C(CN3CCNCC3)C=NC2N)cn1. The summed E-state index contributed by atoms with van der Waals surface area (Å²) in [5, 5.41) is 3.40. The Labute approximate surface area is 186 Å². The normalized spacial score (nSPS) is 24.0. The largest absolute Gasteiger partial charge is 0.481 e. The maximum absolute atomic E-state index is 6.73. The summed E-state index contributed by atoms with van der Waals surface area (Å²) in [6.07, 6.45) is 6.91. The second-order valence-electron chi connectivity index (χ2n) is 8.15. The number of aryl methyl sites for hydroxylation is 1. The van der Waals surface area contributed by atoms with Crippen LogP contribution in [0.25, 0.3) is 11.2 Å². The zero-order valence-corrected chi connectivity index (χ0v) is 18.2. The number of nitrogens with two attached hydrogens (primary N) is 1. The van der Waals surface area contributed by atoms with Crippen LogP contribution in [0.5, 0.6) is 5.88 Å². The van der Waals surface area contributed by atoms with E-state index in [2.05, 4.69) is 36.2 Å². The van der Waals surface area contributed by atoms with E-state index in [1.165, 1.54) is 0 Å². The molecule has 0 radical (unpaired) electrons. The Morgan fingerprint density at radius 3 is 2.81 bits per heavy atom. The van der Waals surface area contributed by atoms with Gasteiger partial charge in [-0.3, -0.25) is 9.89 Å². The number of aromatic nitrogens is 5. The van der Waals surface area contributed by atoms with Crippen LogP contribution in [-0.2, 0) is 5.41 Å². The van der Waals surface area contributed by atoms with Gasteiger partial charge >= 0.3 is 0 Å². The second-order valence-corrected chi connectivity index (χ2v) is 8.15. The van der Waals surface area contributed by atoms with E-state index >= 15 is 0 Å². The van der Waals surface area contributed by atoms with E-state index < -0.39 is 11.6 Å². The van der Waals surface area contributed by atoms with E-state index in [0.29, 0.717) is 17.4 Å². The zero-order valence-electron chi connectivity index (χ0n) is 18.2. The van der Waals surface area contributed by atoms with Crippen LogP contribution in [0.1, 0.15) is 17.1 Å². The third-order valence-corrected chi connectivity index (χ3v) is 6.11. The van der Waals surface area contributed by atoms with Crippen LogP contribution in [0.2, 0.25) is 0 Å². The van der Waals surface area contributed by atoms with Gasteiger partial charge < -0.3 is 20.8 Å². The number of rotatable bonds is 5. The van der Waals surface area contributed by atoms with Crippen molar-refractivity contribution >= 4 is 17.4 Å². The number of nitrogens with one attached hydrogen (secondary N) is 2. The van der Waals surface area contributed by atoms with E-state index in [-0.39, 0.29) is 0 Å². The molecule has 3 aromatic heterocycles. The second kappa shape index (κ2) is 8.38. The first-order chi connectivity index (χ1) is 15.6. The van der Waals surface area contributed by atoms with Gasteiger partial charge in [-0.25, -0.2) is 19.9 Å². The van der Waals surface area contributed by atoms with Crippen molar-refractivity contribution in [2.45, 2.75) is 18.5 Å². The van der Waals surface area contributed by atoms with Crippen LogP contribution >= 0.6 is 0 Å². The predicted octanol–water partition coefficient (Wildman–Crippen LogP) is 0.552. The highest BCUT2D eigenvalue weighted by Crippen LogP contribution is 2.41. The summed E-state index contributed by atoms with van der Waals surface area (Å²) < 4.78 is 5.28. The smallest absolute Gasteiger partial charge is 0.212 e. The molecule has 3 aromatic rings. The Morgan fingerprint density at radius 2 is 2.06 bits per heavy atom. The topological polar surface area (TPSA) is 130 Å². The molecule has 10 nitrogen and oxygen atoms in total. The summed E-state index contributed by atoms with van der Waals surface area (Å²) in [6.45, 7) is 6.60. The van der Waals surface area contributed by atoms with Crippen LogP contribution in [0.3, 0.4) is 0 Å². The minimum Gasteiger partial charge on any atom is -0.481 e. The van der Waals surface area contributed by atoms with Crippen molar-refractivity contribution in [1.82, 2.24) is 35.1 Å². The lowest BCUT2D eigenvalue weighted by atomic mass is 9.72. The number of dihydropyridines is 1. The number of H-pyrrole nitrogens is 1. The molecule has 5 heterocycles. The van der Waals surface area contributed by atoms with E-state index in [0.717, 1.165) is 55.1 Å². The third kappa shape index (κ3) is 3.56. The van der Waals surface area contributed by atoms with Crippen molar-refractivity contribution in [2.24, 2.45) is 10.7 Å². The molecular formula is C22H27N9O. The van der Waals surface area contributed by atoms with Gasteiger partial charge in [0.15, 0.2) is 5.65 Å². The molecule has 0 amide bonds. The maximum atomic E-state index is 6.73. The number of piperazine rings is 1. The van der Waals surface area contributed by atoms with Crippen molar-refractivity contribution in [2.75, 3.05) is 39.8 Å². The van der Waals surface area contributed by atoms with E-state index in [1.54, 1.807) is 19.6 Å². The first-order valence-corrected chi connectivity index (χ1v) is 10.7. The van der Waals surface area contributed by atoms with Crippen LogP contribution in [0.4, 0.5) is 0 Å². The molecule has 0 aliphatic carbocycles. The number of fused-ring (bicyclic) bond motifs is 1. The Bertz CT molecular complexity index is 1160. The number of methoxy groups -OCH3 is 1. The molecule has 32 heavy (non-hydrogen) atoms. The lowest BCUT2D eigenvalue weighted by Gasteiger charge is -2.38. The van der Waals surface area contributed by atoms with Gasteiger partial charge in [0.1, 0.15) is 17.5 Å². The molecule has 1 fully saturated rings. The number of imidazole rings is 1. The monoisotopic (exact) mass is 433 g/mol. The Balaban J connectivity index is 1.69. The Morgan fingerprint density at radius 1 is 1.22 bits per heavy atom. The van der Waals surface area contributed by atoms with Gasteiger partial charge in [0.05, 0.1) is 24.5 Å². The summed E-state index contributed by atoms with van der Waals surface area (Å²) in [5.74, 6) is 1.16. The lowest BCUT2D eigenvalue weighted by Crippen LogP contribution is -2.48. The first-order valence-electron chi connectivity index (χ1n) is 10.7. The fourth-order valence-corrected chi connectivity index (χ4v) is 4.51. The highest BCUT2D eigenvalue weighted by atomic mass is 16.5. The van der Waals surface area contributed by atoms with Gasteiger partial charge in [0.25, 0.3) is 0 Å². The summed E-state index contributed by atoms with van der Waals surface area (Å²) in [5.41, 5.74) is 9.96. The summed E-state index contributed by atoms with van der Waals surface area (Å²) in [7, 11) is 1.60.